The fourth-order valence-electron chi connectivity index (χ4n) is 7.21. The fourth-order valence-corrected chi connectivity index (χ4v) is 9.56. The Kier molecular flexibility index (Phi) is 9.81. The largest absolute Gasteiger partial charge is 0.311 e. The SMILES string of the molecule is Cc1sc(-c2ccc(N(c3ccccc3)c3ccc(-c4ccc(N(c5ccccc5)c5ccc(-c6sc(C)c(C)c6C)cc5)cc4)cc3)cc2)c(C)c1C. The molecule has 6 aromatic carbocycles. The molecule has 8 aromatic rings. The quantitative estimate of drug-likeness (QED) is 0.146. The first kappa shape index (κ1) is 35.4. The monoisotopic (exact) mass is 736 g/mol. The minimum atomic E-state index is 1.12. The molecule has 54 heavy (non-hydrogen) atoms. The Morgan fingerprint density at radius 1 is 0.278 bits per heavy atom. The van der Waals surface area contributed by atoms with Crippen LogP contribution in [0.25, 0.3) is 32.0 Å². The third-order valence-electron chi connectivity index (χ3n) is 10.8. The normalized spacial score (nSPS) is 11.1. The third-order valence-corrected chi connectivity index (χ3v) is 13.5. The van der Waals surface area contributed by atoms with Crippen molar-refractivity contribution in [3.8, 4) is 32.0 Å². The number of nitrogens with zero attached hydrogens (tertiary/aromatic N) is 2. The van der Waals surface area contributed by atoms with Crippen molar-refractivity contribution in [1.29, 1.82) is 0 Å². The van der Waals surface area contributed by atoms with E-state index in [1.807, 2.05) is 22.7 Å². The molecule has 4 heteroatoms. The summed E-state index contributed by atoms with van der Waals surface area (Å²) in [5, 5.41) is 0. The molecular weight excluding hydrogens is 693 g/mol. The minimum Gasteiger partial charge on any atom is -0.311 e. The lowest BCUT2D eigenvalue weighted by Gasteiger charge is -2.26. The van der Waals surface area contributed by atoms with Crippen LogP contribution in [0.1, 0.15) is 32.0 Å². The van der Waals surface area contributed by atoms with Gasteiger partial charge in [0.2, 0.25) is 0 Å². The van der Waals surface area contributed by atoms with Gasteiger partial charge in [-0.3, -0.25) is 0 Å². The van der Waals surface area contributed by atoms with Gasteiger partial charge < -0.3 is 9.80 Å². The standard InChI is InChI=1S/C50H44N2S2/c1-33-35(3)49(53-37(33)5)41-21-29-47(30-22-41)51(43-13-9-7-10-14-43)45-25-17-39(18-26-45)40-19-27-46(28-20-40)52(44-15-11-8-12-16-44)48-31-23-42(24-32-48)50-36(4)34(2)38(6)54-50/h7-32H,1-6H3. The topological polar surface area (TPSA) is 6.48 Å². The average Bonchev–Trinajstić information content (AvgIpc) is 3.63. The Labute approximate surface area is 328 Å². The minimum absolute atomic E-state index is 1.12. The molecule has 0 aliphatic heterocycles. The molecule has 0 aliphatic rings. The maximum Gasteiger partial charge on any atom is 0.0462 e. The molecule has 0 N–H and O–H groups in total. The molecule has 0 unspecified atom stereocenters. The summed E-state index contributed by atoms with van der Waals surface area (Å²) in [5.74, 6) is 0. The molecule has 266 valence electrons. The molecule has 2 heterocycles. The van der Waals surface area contributed by atoms with Crippen LogP contribution in [-0.4, -0.2) is 0 Å². The van der Waals surface area contributed by atoms with Crippen molar-refractivity contribution < 1.29 is 0 Å². The summed E-state index contributed by atoms with van der Waals surface area (Å²) < 4.78 is 0. The summed E-state index contributed by atoms with van der Waals surface area (Å²) >= 11 is 3.77. The number of aryl methyl sites for hydroxylation is 2. The molecule has 0 radical (unpaired) electrons. The number of hydrogen-bond donors (Lipinski definition) is 0. The van der Waals surface area contributed by atoms with Gasteiger partial charge in [0.1, 0.15) is 0 Å². The van der Waals surface area contributed by atoms with Gasteiger partial charge in [-0.1, -0.05) is 84.9 Å². The van der Waals surface area contributed by atoms with E-state index in [0.717, 1.165) is 34.1 Å². The van der Waals surface area contributed by atoms with Crippen molar-refractivity contribution in [2.45, 2.75) is 41.5 Å². The smallest absolute Gasteiger partial charge is 0.0462 e. The molecule has 0 spiro atoms. The van der Waals surface area contributed by atoms with Crippen LogP contribution in [0.3, 0.4) is 0 Å². The molecule has 2 nitrogen and oxygen atoms in total. The molecule has 0 atom stereocenters. The molecule has 0 saturated heterocycles. The fraction of sp³-hybridized carbons (Fsp3) is 0.120. The van der Waals surface area contributed by atoms with Crippen molar-refractivity contribution in [1.82, 2.24) is 0 Å². The van der Waals surface area contributed by atoms with E-state index in [2.05, 4.69) is 209 Å². The van der Waals surface area contributed by atoms with E-state index in [0.29, 0.717) is 0 Å². The lowest BCUT2D eigenvalue weighted by atomic mass is 10.0. The molecular formula is C50H44N2S2. The van der Waals surface area contributed by atoms with Gasteiger partial charge in [0, 0.05) is 53.6 Å². The summed E-state index contributed by atoms with van der Waals surface area (Å²) in [6, 6.07) is 57.2. The highest BCUT2D eigenvalue weighted by atomic mass is 32.1. The summed E-state index contributed by atoms with van der Waals surface area (Å²) in [7, 11) is 0. The van der Waals surface area contributed by atoms with Gasteiger partial charge in [-0.25, -0.2) is 0 Å². The predicted octanol–water partition coefficient (Wildman–Crippen LogP) is 15.6. The highest BCUT2D eigenvalue weighted by Gasteiger charge is 2.17. The summed E-state index contributed by atoms with van der Waals surface area (Å²) in [6.07, 6.45) is 0. The van der Waals surface area contributed by atoms with Crippen molar-refractivity contribution in [2.75, 3.05) is 9.80 Å². The van der Waals surface area contributed by atoms with E-state index in [9.17, 15) is 0 Å². The van der Waals surface area contributed by atoms with E-state index >= 15 is 0 Å². The highest BCUT2D eigenvalue weighted by molar-refractivity contribution is 7.16. The number of thiophene rings is 2. The van der Waals surface area contributed by atoms with Crippen LogP contribution in [-0.2, 0) is 0 Å². The van der Waals surface area contributed by atoms with E-state index in [-0.39, 0.29) is 0 Å². The van der Waals surface area contributed by atoms with Gasteiger partial charge in [-0.2, -0.15) is 0 Å². The zero-order chi connectivity index (χ0) is 37.3. The zero-order valence-electron chi connectivity index (χ0n) is 31.7. The van der Waals surface area contributed by atoms with Gasteiger partial charge in [0.25, 0.3) is 0 Å². The first-order valence-corrected chi connectivity index (χ1v) is 20.1. The number of rotatable bonds is 9. The molecule has 0 saturated carbocycles. The second-order valence-corrected chi connectivity index (χ2v) is 16.5. The molecule has 8 rings (SSSR count). The Bertz CT molecular complexity index is 2330. The molecule has 0 amide bonds. The summed E-state index contributed by atoms with van der Waals surface area (Å²) in [5.41, 5.74) is 17.2. The Morgan fingerprint density at radius 2 is 0.537 bits per heavy atom. The first-order valence-electron chi connectivity index (χ1n) is 18.5. The number of hydrogen-bond acceptors (Lipinski definition) is 4. The maximum absolute atomic E-state index is 2.33. The van der Waals surface area contributed by atoms with Crippen molar-refractivity contribution >= 4 is 56.8 Å². The molecule has 0 bridgehead atoms. The summed E-state index contributed by atoms with van der Waals surface area (Å²) in [4.78, 5) is 10.2. The van der Waals surface area contributed by atoms with Gasteiger partial charge in [0.05, 0.1) is 0 Å². The van der Waals surface area contributed by atoms with Crippen LogP contribution in [0, 0.1) is 41.5 Å². The molecule has 2 aromatic heterocycles. The van der Waals surface area contributed by atoms with Crippen LogP contribution in [0.15, 0.2) is 158 Å². The second kappa shape index (κ2) is 15.0. The van der Waals surface area contributed by atoms with Crippen molar-refractivity contribution in [3.05, 3.63) is 190 Å². The maximum atomic E-state index is 2.33. The van der Waals surface area contributed by atoms with Crippen molar-refractivity contribution in [3.63, 3.8) is 0 Å². The third kappa shape index (κ3) is 6.80. The van der Waals surface area contributed by atoms with Gasteiger partial charge in [-0.05, 0) is 159 Å². The predicted molar refractivity (Wildman–Crippen MR) is 236 cm³/mol. The summed E-state index contributed by atoms with van der Waals surface area (Å²) in [6.45, 7) is 13.4. The van der Waals surface area contributed by atoms with Crippen LogP contribution in [0.4, 0.5) is 34.1 Å². The van der Waals surface area contributed by atoms with Crippen LogP contribution in [0.2, 0.25) is 0 Å². The Balaban J connectivity index is 1.08. The lowest BCUT2D eigenvalue weighted by molar-refractivity contribution is 1.28. The average molecular weight is 737 g/mol. The second-order valence-electron chi connectivity index (χ2n) is 14.0. The molecule has 0 fully saturated rings. The van der Waals surface area contributed by atoms with Gasteiger partial charge in [-0.15, -0.1) is 22.7 Å². The van der Waals surface area contributed by atoms with E-state index in [1.54, 1.807) is 0 Å². The van der Waals surface area contributed by atoms with Crippen molar-refractivity contribution in [2.24, 2.45) is 0 Å². The van der Waals surface area contributed by atoms with Gasteiger partial charge in [0.15, 0.2) is 0 Å². The van der Waals surface area contributed by atoms with Crippen LogP contribution < -0.4 is 9.80 Å². The number of benzene rings is 6. The van der Waals surface area contributed by atoms with Crippen LogP contribution >= 0.6 is 22.7 Å². The van der Waals surface area contributed by atoms with E-state index in [4.69, 9.17) is 0 Å². The zero-order valence-corrected chi connectivity index (χ0v) is 33.4. The van der Waals surface area contributed by atoms with E-state index in [1.165, 1.54) is 64.0 Å². The Morgan fingerprint density at radius 3 is 0.796 bits per heavy atom. The first-order chi connectivity index (χ1) is 26.3. The van der Waals surface area contributed by atoms with Crippen LogP contribution in [0.5, 0.6) is 0 Å². The number of para-hydroxylation sites is 2. The van der Waals surface area contributed by atoms with E-state index < -0.39 is 0 Å². The Hall–Kier alpha value is -5.68. The molecule has 0 aliphatic carbocycles. The lowest BCUT2D eigenvalue weighted by Crippen LogP contribution is -2.10. The number of anilines is 6. The highest BCUT2D eigenvalue weighted by Crippen LogP contribution is 2.42. The van der Waals surface area contributed by atoms with Gasteiger partial charge >= 0.3 is 0 Å².